The van der Waals surface area contributed by atoms with E-state index in [-0.39, 0.29) is 18.8 Å². The lowest BCUT2D eigenvalue weighted by atomic mass is 10.2. The van der Waals surface area contributed by atoms with Crippen molar-refractivity contribution in [1.29, 1.82) is 0 Å². The molecule has 0 saturated carbocycles. The largest absolute Gasteiger partial charge is 0.479 e. The van der Waals surface area contributed by atoms with E-state index in [1.54, 1.807) is 27.7 Å². The second kappa shape index (κ2) is 7.91. The van der Waals surface area contributed by atoms with Crippen LogP contribution in [0.15, 0.2) is 6.20 Å². The number of aryl methyl sites for hydroxylation is 1. The van der Waals surface area contributed by atoms with E-state index in [2.05, 4.69) is 10.3 Å². The van der Waals surface area contributed by atoms with Gasteiger partial charge in [0.2, 0.25) is 0 Å². The van der Waals surface area contributed by atoms with Gasteiger partial charge < -0.3 is 14.9 Å². The van der Waals surface area contributed by atoms with Gasteiger partial charge in [-0.05, 0) is 34.1 Å². The van der Waals surface area contributed by atoms with Crippen molar-refractivity contribution in [3.05, 3.63) is 11.9 Å². The first-order valence-electron chi connectivity index (χ1n) is 7.43. The molecule has 1 heterocycles. The number of carboxylic acid groups (broad SMARTS) is 1. The third-order valence-corrected chi connectivity index (χ3v) is 2.90. The molecular weight excluding hydrogens is 304 g/mol. The van der Waals surface area contributed by atoms with Gasteiger partial charge >= 0.3 is 12.1 Å². The minimum absolute atomic E-state index is 0.00343. The Labute approximate surface area is 134 Å². The van der Waals surface area contributed by atoms with Crippen molar-refractivity contribution in [1.82, 2.24) is 19.9 Å². The predicted octanol–water partition coefficient (Wildman–Crippen LogP) is 1.04. The summed E-state index contributed by atoms with van der Waals surface area (Å²) in [6.45, 7) is 7.34. The molecule has 1 amide bonds. The number of carbonyl (C=O) groups excluding carboxylic acids is 1. The molecule has 0 aromatic carbocycles. The highest BCUT2D eigenvalue weighted by molar-refractivity contribution is 5.81. The van der Waals surface area contributed by atoms with E-state index in [0.29, 0.717) is 13.0 Å². The Hall–Kier alpha value is -2.16. The lowest BCUT2D eigenvalue weighted by Gasteiger charge is -2.29. The molecule has 0 fully saturated rings. The molecule has 0 aliphatic heterocycles. The lowest BCUT2D eigenvalue weighted by molar-refractivity contribution is -0.143. The van der Waals surface area contributed by atoms with Gasteiger partial charge in [-0.1, -0.05) is 5.21 Å². The summed E-state index contributed by atoms with van der Waals surface area (Å²) in [5.74, 6) is -1.22. The van der Waals surface area contributed by atoms with Crippen molar-refractivity contribution < 1.29 is 24.5 Å². The Morgan fingerprint density at radius 3 is 2.57 bits per heavy atom. The van der Waals surface area contributed by atoms with Crippen LogP contribution in [-0.4, -0.2) is 60.9 Å². The molecular formula is C14H24N4O5. The summed E-state index contributed by atoms with van der Waals surface area (Å²) in [7, 11) is 0. The molecule has 0 aliphatic carbocycles. The second-order valence-corrected chi connectivity index (χ2v) is 5.99. The predicted molar refractivity (Wildman–Crippen MR) is 80.7 cm³/mol. The van der Waals surface area contributed by atoms with E-state index in [1.807, 2.05) is 0 Å². The summed E-state index contributed by atoms with van der Waals surface area (Å²) >= 11 is 0. The number of hydrogen-bond acceptors (Lipinski definition) is 6. The highest BCUT2D eigenvalue weighted by Crippen LogP contribution is 2.22. The maximum absolute atomic E-state index is 12.2. The summed E-state index contributed by atoms with van der Waals surface area (Å²) in [6, 6.07) is -1.28. The van der Waals surface area contributed by atoms with E-state index < -0.39 is 23.7 Å². The number of rotatable bonds is 7. The average Bonchev–Trinajstić information content (AvgIpc) is 2.87. The number of likely N-dealkylation sites (N-methyl/N-ethyl adjacent to an activating group) is 1. The molecule has 0 spiro atoms. The Bertz CT molecular complexity index is 538. The Morgan fingerprint density at radius 1 is 1.43 bits per heavy atom. The van der Waals surface area contributed by atoms with Crippen LogP contribution in [0.4, 0.5) is 4.79 Å². The average molecular weight is 328 g/mol. The Balaban J connectivity index is 3.01. The number of nitrogens with zero attached hydrogens (tertiary/aromatic N) is 4. The van der Waals surface area contributed by atoms with E-state index in [4.69, 9.17) is 9.84 Å². The molecule has 9 heteroatoms. The zero-order chi connectivity index (χ0) is 17.6. The number of amides is 1. The second-order valence-electron chi connectivity index (χ2n) is 5.99. The molecule has 0 saturated heterocycles. The summed E-state index contributed by atoms with van der Waals surface area (Å²) < 4.78 is 6.69. The molecule has 1 atom stereocenters. The quantitative estimate of drug-likeness (QED) is 0.768. The number of ether oxygens (including phenoxy) is 1. The fourth-order valence-electron chi connectivity index (χ4n) is 1.94. The van der Waals surface area contributed by atoms with Crippen LogP contribution in [0.3, 0.4) is 0 Å². The van der Waals surface area contributed by atoms with Crippen LogP contribution in [0.2, 0.25) is 0 Å². The summed E-state index contributed by atoms with van der Waals surface area (Å²) in [6.07, 6.45) is 1.21. The van der Waals surface area contributed by atoms with E-state index >= 15 is 0 Å². The molecule has 2 N–H and O–H groups in total. The van der Waals surface area contributed by atoms with Crippen LogP contribution in [0, 0.1) is 0 Å². The van der Waals surface area contributed by atoms with Crippen LogP contribution >= 0.6 is 0 Å². The van der Waals surface area contributed by atoms with Crippen LogP contribution in [0.1, 0.15) is 45.9 Å². The first kappa shape index (κ1) is 18.9. The highest BCUT2D eigenvalue weighted by Gasteiger charge is 2.35. The minimum Gasteiger partial charge on any atom is -0.479 e. The van der Waals surface area contributed by atoms with Gasteiger partial charge in [-0.3, -0.25) is 9.58 Å². The molecule has 1 aromatic rings. The third kappa shape index (κ3) is 5.51. The summed E-state index contributed by atoms with van der Waals surface area (Å²) in [5, 5.41) is 26.0. The number of aliphatic carboxylic acids is 1. The van der Waals surface area contributed by atoms with Crippen LogP contribution in [0.25, 0.3) is 0 Å². The molecule has 1 rings (SSSR count). The fraction of sp³-hybridized carbons (Fsp3) is 0.714. The molecule has 0 bridgehead atoms. The Morgan fingerprint density at radius 2 is 2.09 bits per heavy atom. The van der Waals surface area contributed by atoms with E-state index in [9.17, 15) is 14.7 Å². The maximum atomic E-state index is 12.2. The van der Waals surface area contributed by atoms with Crippen LogP contribution in [-0.2, 0) is 16.1 Å². The van der Waals surface area contributed by atoms with Gasteiger partial charge in [-0.15, -0.1) is 5.10 Å². The van der Waals surface area contributed by atoms with E-state index in [1.165, 1.54) is 10.9 Å². The normalized spacial score (nSPS) is 12.7. The molecule has 0 radical (unpaired) electrons. The number of carboxylic acids is 1. The first-order chi connectivity index (χ1) is 10.7. The number of aliphatic hydroxyl groups excluding tert-OH is 1. The molecule has 9 nitrogen and oxygen atoms in total. The standard InChI is InChI=1S/C14H24N4O5/c1-5-18(13(22)23-14(2,3)4)11(12(20)21)10-9-17(16-15-10)7-6-8-19/h9,11,19H,5-8H2,1-4H3,(H,20,21). The summed E-state index contributed by atoms with van der Waals surface area (Å²) in [4.78, 5) is 25.0. The molecule has 130 valence electrons. The molecule has 23 heavy (non-hydrogen) atoms. The number of carbonyl (C=O) groups is 2. The minimum atomic E-state index is -1.28. The number of hydrogen-bond donors (Lipinski definition) is 2. The number of aliphatic hydroxyl groups is 1. The lowest BCUT2D eigenvalue weighted by Crippen LogP contribution is -2.42. The van der Waals surface area contributed by atoms with Crippen molar-refractivity contribution in [2.45, 2.75) is 52.3 Å². The van der Waals surface area contributed by atoms with Crippen molar-refractivity contribution in [2.75, 3.05) is 13.2 Å². The zero-order valence-corrected chi connectivity index (χ0v) is 13.9. The van der Waals surface area contributed by atoms with Gasteiger partial charge in [0.15, 0.2) is 6.04 Å². The van der Waals surface area contributed by atoms with Gasteiger partial charge in [0.1, 0.15) is 11.3 Å². The molecule has 1 unspecified atom stereocenters. The first-order valence-corrected chi connectivity index (χ1v) is 7.43. The van der Waals surface area contributed by atoms with Crippen molar-refractivity contribution in [3.63, 3.8) is 0 Å². The van der Waals surface area contributed by atoms with Crippen LogP contribution < -0.4 is 0 Å². The monoisotopic (exact) mass is 328 g/mol. The smallest absolute Gasteiger partial charge is 0.411 e. The van der Waals surface area contributed by atoms with E-state index in [0.717, 1.165) is 4.90 Å². The fourth-order valence-corrected chi connectivity index (χ4v) is 1.94. The number of aromatic nitrogens is 3. The van der Waals surface area contributed by atoms with Crippen molar-refractivity contribution in [2.24, 2.45) is 0 Å². The molecule has 1 aromatic heterocycles. The maximum Gasteiger partial charge on any atom is 0.411 e. The van der Waals surface area contributed by atoms with Gasteiger partial charge in [0.25, 0.3) is 0 Å². The van der Waals surface area contributed by atoms with Crippen LogP contribution in [0.5, 0.6) is 0 Å². The van der Waals surface area contributed by atoms with Gasteiger partial charge in [0, 0.05) is 19.7 Å². The topological polar surface area (TPSA) is 118 Å². The van der Waals surface area contributed by atoms with Crippen molar-refractivity contribution >= 4 is 12.1 Å². The van der Waals surface area contributed by atoms with Gasteiger partial charge in [-0.25, -0.2) is 9.59 Å². The third-order valence-electron chi connectivity index (χ3n) is 2.90. The summed E-state index contributed by atoms with van der Waals surface area (Å²) in [5.41, 5.74) is -0.588. The van der Waals surface area contributed by atoms with Gasteiger partial charge in [-0.2, -0.15) is 0 Å². The van der Waals surface area contributed by atoms with Crippen molar-refractivity contribution in [3.8, 4) is 0 Å². The zero-order valence-electron chi connectivity index (χ0n) is 13.9. The molecule has 0 aliphatic rings. The SMILES string of the molecule is CCN(C(=O)OC(C)(C)C)C(C(=O)O)c1cn(CCCO)nn1. The highest BCUT2D eigenvalue weighted by atomic mass is 16.6. The Kier molecular flexibility index (Phi) is 6.49. The van der Waals surface area contributed by atoms with Gasteiger partial charge in [0.05, 0.1) is 6.20 Å².